The maximum Gasteiger partial charge on any atom is 0.434 e. The monoisotopic (exact) mass is 444 g/mol. The number of hydrogen-bond donors (Lipinski definition) is 3. The lowest BCUT2D eigenvalue weighted by Crippen LogP contribution is -2.55. The molecule has 1 aliphatic rings. The summed E-state index contributed by atoms with van der Waals surface area (Å²) in [6, 6.07) is -0.241. The first-order chi connectivity index (χ1) is 14.9. The van der Waals surface area contributed by atoms with Crippen LogP contribution in [0.15, 0.2) is 48.6 Å². The molecule has 2 heterocycles. The van der Waals surface area contributed by atoms with Gasteiger partial charge in [-0.2, -0.15) is 0 Å². The summed E-state index contributed by atoms with van der Waals surface area (Å²) in [5.74, 6) is -0.553. The number of nitrogens with zero attached hydrogens (tertiary/aromatic N) is 3. The van der Waals surface area contributed by atoms with Crippen molar-refractivity contribution in [2.75, 3.05) is 6.54 Å². The lowest BCUT2D eigenvalue weighted by atomic mass is 9.95. The van der Waals surface area contributed by atoms with Gasteiger partial charge in [-0.05, 0) is 64.7 Å². The second-order valence-electron chi connectivity index (χ2n) is 8.76. The number of nitro groups is 1. The number of hydrogen-bond acceptors (Lipinski definition) is 8. The van der Waals surface area contributed by atoms with Gasteiger partial charge >= 0.3 is 5.95 Å². The standard InChI is InChI=1S/C22H32N6O4/c1-16(29)21(2,3)25-12-10-18(17-9-7-6-8-11-23-17)26-22(4,5)19(30)15-27-14-13-24-20(27)28(31)32/h6-9,11,13-14,18,23,25-26H,10,12,15H2,1-5H3. The van der Waals surface area contributed by atoms with Gasteiger partial charge in [-0.15, -0.1) is 0 Å². The van der Waals surface area contributed by atoms with Crippen molar-refractivity contribution in [2.45, 2.75) is 64.7 Å². The molecule has 1 unspecified atom stereocenters. The minimum atomic E-state index is -0.985. The Kier molecular flexibility index (Phi) is 8.23. The zero-order valence-corrected chi connectivity index (χ0v) is 19.2. The van der Waals surface area contributed by atoms with Gasteiger partial charge in [-0.1, -0.05) is 17.1 Å². The molecule has 1 aromatic rings. The third-order valence-electron chi connectivity index (χ3n) is 5.50. The van der Waals surface area contributed by atoms with Crippen LogP contribution in [0.1, 0.15) is 41.0 Å². The summed E-state index contributed by atoms with van der Waals surface area (Å²) in [5.41, 5.74) is -0.769. The normalized spacial score (nSPS) is 15.0. The third-order valence-corrected chi connectivity index (χ3v) is 5.50. The predicted octanol–water partition coefficient (Wildman–Crippen LogP) is 2.00. The molecule has 0 radical (unpaired) electrons. The van der Waals surface area contributed by atoms with Crippen LogP contribution in [0.2, 0.25) is 0 Å². The van der Waals surface area contributed by atoms with Crippen molar-refractivity contribution in [2.24, 2.45) is 0 Å². The zero-order valence-electron chi connectivity index (χ0n) is 19.2. The van der Waals surface area contributed by atoms with Gasteiger partial charge in [-0.3, -0.25) is 14.9 Å². The van der Waals surface area contributed by atoms with Gasteiger partial charge in [0.25, 0.3) is 0 Å². The Morgan fingerprint density at radius 2 is 1.94 bits per heavy atom. The molecule has 1 atom stereocenters. The Hall–Kier alpha value is -3.11. The predicted molar refractivity (Wildman–Crippen MR) is 122 cm³/mol. The minimum Gasteiger partial charge on any atom is -0.390 e. The van der Waals surface area contributed by atoms with Gasteiger partial charge in [0.2, 0.25) is 0 Å². The fourth-order valence-corrected chi connectivity index (χ4v) is 3.11. The lowest BCUT2D eigenvalue weighted by Gasteiger charge is -2.33. The van der Waals surface area contributed by atoms with Gasteiger partial charge in [0.05, 0.1) is 11.1 Å². The van der Waals surface area contributed by atoms with E-state index in [9.17, 15) is 19.7 Å². The molecule has 0 bridgehead atoms. The van der Waals surface area contributed by atoms with Crippen LogP contribution < -0.4 is 16.0 Å². The number of aromatic nitrogens is 2. The first-order valence-electron chi connectivity index (χ1n) is 10.5. The number of allylic oxidation sites excluding steroid dienone is 4. The van der Waals surface area contributed by atoms with Gasteiger partial charge in [0.15, 0.2) is 5.78 Å². The number of carbonyl (C=O) groups excluding carboxylic acids is 2. The summed E-state index contributed by atoms with van der Waals surface area (Å²) in [4.78, 5) is 39.1. The van der Waals surface area contributed by atoms with E-state index in [0.717, 1.165) is 5.70 Å². The maximum atomic E-state index is 13.1. The molecule has 0 saturated heterocycles. The van der Waals surface area contributed by atoms with E-state index in [1.807, 2.05) is 38.2 Å². The van der Waals surface area contributed by atoms with E-state index in [1.54, 1.807) is 27.0 Å². The third kappa shape index (κ3) is 6.69. The van der Waals surface area contributed by atoms with E-state index < -0.39 is 16.0 Å². The number of nitrogens with one attached hydrogen (secondary N) is 3. The molecule has 1 aliphatic heterocycles. The van der Waals surface area contributed by atoms with E-state index in [2.05, 4.69) is 20.9 Å². The average molecular weight is 445 g/mol. The topological polar surface area (TPSA) is 131 Å². The molecule has 0 aliphatic carbocycles. The first-order valence-corrected chi connectivity index (χ1v) is 10.5. The van der Waals surface area contributed by atoms with Crippen molar-refractivity contribution in [3.63, 3.8) is 0 Å². The highest BCUT2D eigenvalue weighted by atomic mass is 16.6. The Balaban J connectivity index is 2.16. The maximum absolute atomic E-state index is 13.1. The van der Waals surface area contributed by atoms with Crippen LogP contribution >= 0.6 is 0 Å². The van der Waals surface area contributed by atoms with E-state index >= 15 is 0 Å². The van der Waals surface area contributed by atoms with Gasteiger partial charge < -0.3 is 20.7 Å². The summed E-state index contributed by atoms with van der Waals surface area (Å²) < 4.78 is 1.23. The van der Waals surface area contributed by atoms with Gasteiger partial charge in [-0.25, -0.2) is 4.57 Å². The van der Waals surface area contributed by atoms with Crippen LogP contribution in [-0.4, -0.2) is 49.7 Å². The summed E-state index contributed by atoms with van der Waals surface area (Å²) in [6.07, 6.45) is 12.7. The Morgan fingerprint density at radius 1 is 1.22 bits per heavy atom. The largest absolute Gasteiger partial charge is 0.434 e. The van der Waals surface area contributed by atoms with Crippen LogP contribution in [0.4, 0.5) is 5.95 Å². The Bertz CT molecular complexity index is 942. The second-order valence-corrected chi connectivity index (χ2v) is 8.76. The number of Topliss-reactive ketones (excluding diaryl/α,β-unsaturated/α-hetero) is 2. The fraction of sp³-hybridized carbons (Fsp3) is 0.500. The molecule has 0 spiro atoms. The second kappa shape index (κ2) is 10.5. The highest BCUT2D eigenvalue weighted by Gasteiger charge is 2.33. The molecule has 2 rings (SSSR count). The molecule has 10 heteroatoms. The molecule has 3 N–H and O–H groups in total. The van der Waals surface area contributed by atoms with Crippen molar-refractivity contribution in [3.8, 4) is 0 Å². The van der Waals surface area contributed by atoms with Crippen molar-refractivity contribution >= 4 is 17.5 Å². The molecule has 0 fully saturated rings. The average Bonchev–Trinajstić information content (AvgIpc) is 2.99. The van der Waals surface area contributed by atoms with Crippen LogP contribution in [0.25, 0.3) is 0 Å². The molecule has 0 saturated carbocycles. The first kappa shape index (κ1) is 25.2. The smallest absolute Gasteiger partial charge is 0.390 e. The van der Waals surface area contributed by atoms with Crippen LogP contribution in [0, 0.1) is 10.1 Å². The van der Waals surface area contributed by atoms with Crippen molar-refractivity contribution in [1.82, 2.24) is 25.5 Å². The summed E-state index contributed by atoms with van der Waals surface area (Å²) in [7, 11) is 0. The summed E-state index contributed by atoms with van der Waals surface area (Å²) in [5, 5.41) is 21.0. The van der Waals surface area contributed by atoms with Crippen LogP contribution in [-0.2, 0) is 16.1 Å². The van der Waals surface area contributed by atoms with E-state index in [-0.39, 0.29) is 30.1 Å². The Morgan fingerprint density at radius 3 is 2.59 bits per heavy atom. The molecular weight excluding hydrogens is 412 g/mol. The van der Waals surface area contributed by atoms with Gasteiger partial charge in [0.1, 0.15) is 24.7 Å². The van der Waals surface area contributed by atoms with Crippen molar-refractivity contribution < 1.29 is 14.5 Å². The van der Waals surface area contributed by atoms with E-state index in [0.29, 0.717) is 13.0 Å². The van der Waals surface area contributed by atoms with Crippen LogP contribution in [0.3, 0.4) is 0 Å². The molecule has 0 amide bonds. The van der Waals surface area contributed by atoms with E-state index in [4.69, 9.17) is 0 Å². The van der Waals surface area contributed by atoms with Gasteiger partial charge in [0, 0.05) is 17.9 Å². The zero-order chi connectivity index (χ0) is 23.9. The highest BCUT2D eigenvalue weighted by Crippen LogP contribution is 2.16. The lowest BCUT2D eigenvalue weighted by molar-refractivity contribution is -0.396. The van der Waals surface area contributed by atoms with Crippen molar-refractivity contribution in [1.29, 1.82) is 0 Å². The fourth-order valence-electron chi connectivity index (χ4n) is 3.11. The molecule has 0 aromatic carbocycles. The molecule has 32 heavy (non-hydrogen) atoms. The molecule has 1 aromatic heterocycles. The Labute approximate surface area is 188 Å². The summed E-state index contributed by atoms with van der Waals surface area (Å²) >= 11 is 0. The number of ketones is 2. The SMILES string of the molecule is CC(=O)C(C)(C)NCCC(NC(C)(C)C(=O)Cn1ccnc1[N+](=O)[O-])C1=CC=CC=CN1. The molecule has 10 nitrogen and oxygen atoms in total. The number of imidazole rings is 1. The summed E-state index contributed by atoms with van der Waals surface area (Å²) in [6.45, 7) is 9.07. The minimum absolute atomic E-state index is 0.0390. The van der Waals surface area contributed by atoms with E-state index in [1.165, 1.54) is 17.0 Å². The highest BCUT2D eigenvalue weighted by molar-refractivity contribution is 5.87. The molecular formula is C22H32N6O4. The number of rotatable bonds is 12. The van der Waals surface area contributed by atoms with Crippen molar-refractivity contribution in [3.05, 3.63) is 58.7 Å². The van der Waals surface area contributed by atoms with Crippen LogP contribution in [0.5, 0.6) is 0 Å². The number of carbonyl (C=O) groups is 2. The quantitative estimate of drug-likeness (QED) is 0.330. The molecule has 174 valence electrons.